The first-order valence-electron chi connectivity index (χ1n) is 7.10. The summed E-state index contributed by atoms with van der Waals surface area (Å²) in [4.78, 5) is 24.6. The minimum absolute atomic E-state index is 0.253. The Labute approximate surface area is 123 Å². The Morgan fingerprint density at radius 3 is 2.90 bits per heavy atom. The number of piperazine rings is 1. The van der Waals surface area contributed by atoms with Crippen molar-refractivity contribution in [1.29, 1.82) is 0 Å². The topological polar surface area (TPSA) is 49.3 Å². The van der Waals surface area contributed by atoms with Gasteiger partial charge in [0, 0.05) is 25.2 Å². The Hall–Kier alpha value is -1.20. The van der Waals surface area contributed by atoms with Crippen molar-refractivity contribution < 1.29 is 4.79 Å². The van der Waals surface area contributed by atoms with Gasteiger partial charge in [-0.05, 0) is 33.2 Å². The molecule has 3 rings (SSSR count). The number of aldehydes is 1. The second kappa shape index (κ2) is 5.30. The highest BCUT2D eigenvalue weighted by Gasteiger charge is 2.36. The third-order valence-electron chi connectivity index (χ3n) is 4.32. The standard InChI is InChI=1S/C14H19ClN4O/c1-9-6-18-5-3-4-11(18)7-19(9)14-12(8-20)13(15)16-10(2)17-14/h8-9,11H,3-7H2,1-2H3. The summed E-state index contributed by atoms with van der Waals surface area (Å²) in [5.41, 5.74) is 0.413. The zero-order valence-corrected chi connectivity index (χ0v) is 12.6. The Kier molecular flexibility index (Phi) is 3.65. The lowest BCUT2D eigenvalue weighted by atomic mass is 10.1. The van der Waals surface area contributed by atoms with Crippen LogP contribution in [0.25, 0.3) is 0 Å². The fraction of sp³-hybridized carbons (Fsp3) is 0.643. The number of carbonyl (C=O) groups is 1. The molecule has 2 aliphatic rings. The maximum Gasteiger partial charge on any atom is 0.156 e. The van der Waals surface area contributed by atoms with Gasteiger partial charge in [0.15, 0.2) is 6.29 Å². The monoisotopic (exact) mass is 294 g/mol. The van der Waals surface area contributed by atoms with Crippen LogP contribution in [0, 0.1) is 6.92 Å². The molecule has 6 heteroatoms. The summed E-state index contributed by atoms with van der Waals surface area (Å²) in [6.45, 7) is 7.10. The Morgan fingerprint density at radius 2 is 2.15 bits per heavy atom. The molecule has 2 aliphatic heterocycles. The van der Waals surface area contributed by atoms with E-state index in [1.165, 1.54) is 19.4 Å². The van der Waals surface area contributed by atoms with Gasteiger partial charge < -0.3 is 4.90 Å². The molecule has 0 radical (unpaired) electrons. The third-order valence-corrected chi connectivity index (χ3v) is 4.61. The van der Waals surface area contributed by atoms with Gasteiger partial charge in [-0.2, -0.15) is 0 Å². The second-order valence-electron chi connectivity index (χ2n) is 5.71. The Morgan fingerprint density at radius 1 is 1.35 bits per heavy atom. The summed E-state index contributed by atoms with van der Waals surface area (Å²) in [5, 5.41) is 0.253. The first-order valence-corrected chi connectivity index (χ1v) is 7.48. The molecule has 2 saturated heterocycles. The average Bonchev–Trinajstić information content (AvgIpc) is 2.84. The van der Waals surface area contributed by atoms with Crippen LogP contribution in [-0.2, 0) is 0 Å². The Balaban J connectivity index is 1.97. The minimum Gasteiger partial charge on any atom is -0.350 e. The molecule has 0 saturated carbocycles. The molecule has 0 amide bonds. The van der Waals surface area contributed by atoms with Gasteiger partial charge in [0.2, 0.25) is 0 Å². The maximum absolute atomic E-state index is 11.3. The van der Waals surface area contributed by atoms with Crippen molar-refractivity contribution in [1.82, 2.24) is 14.9 Å². The van der Waals surface area contributed by atoms with E-state index in [1.54, 1.807) is 6.92 Å². The highest BCUT2D eigenvalue weighted by molar-refractivity contribution is 6.32. The predicted molar refractivity (Wildman–Crippen MR) is 78.6 cm³/mol. The molecule has 0 aromatic carbocycles. The van der Waals surface area contributed by atoms with Gasteiger partial charge in [-0.3, -0.25) is 9.69 Å². The first-order chi connectivity index (χ1) is 9.60. The molecule has 2 fully saturated rings. The molecular formula is C14H19ClN4O. The van der Waals surface area contributed by atoms with Crippen molar-refractivity contribution in [2.75, 3.05) is 24.5 Å². The molecule has 0 bridgehead atoms. The van der Waals surface area contributed by atoms with Gasteiger partial charge in [0.05, 0.1) is 5.56 Å². The quantitative estimate of drug-likeness (QED) is 0.616. The molecule has 1 aromatic heterocycles. The maximum atomic E-state index is 11.3. The number of aromatic nitrogens is 2. The van der Waals surface area contributed by atoms with Crippen LogP contribution >= 0.6 is 11.6 Å². The van der Waals surface area contributed by atoms with E-state index in [2.05, 4.69) is 26.7 Å². The summed E-state index contributed by atoms with van der Waals surface area (Å²) < 4.78 is 0. The normalized spacial score (nSPS) is 26.6. The first kappa shape index (κ1) is 13.8. The van der Waals surface area contributed by atoms with Crippen molar-refractivity contribution in [3.63, 3.8) is 0 Å². The number of hydrogen-bond donors (Lipinski definition) is 0. The molecule has 0 spiro atoms. The van der Waals surface area contributed by atoms with Crippen LogP contribution in [-0.4, -0.2) is 52.9 Å². The van der Waals surface area contributed by atoms with Crippen LogP contribution in [0.4, 0.5) is 5.82 Å². The van der Waals surface area contributed by atoms with E-state index in [0.717, 1.165) is 19.4 Å². The van der Waals surface area contributed by atoms with Crippen LogP contribution in [0.1, 0.15) is 35.9 Å². The number of nitrogens with zero attached hydrogens (tertiary/aromatic N) is 4. The molecule has 2 atom stereocenters. The summed E-state index contributed by atoms with van der Waals surface area (Å²) >= 11 is 6.09. The smallest absolute Gasteiger partial charge is 0.156 e. The number of aryl methyl sites for hydroxylation is 1. The van der Waals surface area contributed by atoms with Gasteiger partial charge in [-0.25, -0.2) is 9.97 Å². The van der Waals surface area contributed by atoms with Gasteiger partial charge in [-0.15, -0.1) is 0 Å². The van der Waals surface area contributed by atoms with Crippen LogP contribution in [0.2, 0.25) is 5.15 Å². The molecule has 5 nitrogen and oxygen atoms in total. The van der Waals surface area contributed by atoms with Gasteiger partial charge in [0.25, 0.3) is 0 Å². The van der Waals surface area contributed by atoms with Crippen LogP contribution < -0.4 is 4.90 Å². The molecule has 3 heterocycles. The fourth-order valence-corrected chi connectivity index (χ4v) is 3.59. The molecular weight excluding hydrogens is 276 g/mol. The number of hydrogen-bond acceptors (Lipinski definition) is 5. The fourth-order valence-electron chi connectivity index (χ4n) is 3.34. The molecule has 20 heavy (non-hydrogen) atoms. The zero-order valence-electron chi connectivity index (χ0n) is 11.8. The van der Waals surface area contributed by atoms with Crippen molar-refractivity contribution in [2.24, 2.45) is 0 Å². The van der Waals surface area contributed by atoms with Gasteiger partial charge >= 0.3 is 0 Å². The lowest BCUT2D eigenvalue weighted by Crippen LogP contribution is -2.55. The lowest BCUT2D eigenvalue weighted by Gasteiger charge is -2.43. The SMILES string of the molecule is Cc1nc(Cl)c(C=O)c(N2CC3CCCN3CC2C)n1. The molecule has 2 unspecified atom stereocenters. The zero-order chi connectivity index (χ0) is 14.3. The van der Waals surface area contributed by atoms with E-state index in [4.69, 9.17) is 11.6 Å². The molecule has 0 N–H and O–H groups in total. The van der Waals surface area contributed by atoms with Crippen LogP contribution in [0.15, 0.2) is 0 Å². The summed E-state index contributed by atoms with van der Waals surface area (Å²) in [5.74, 6) is 1.30. The van der Waals surface area contributed by atoms with Crippen molar-refractivity contribution in [3.05, 3.63) is 16.5 Å². The molecule has 1 aromatic rings. The number of anilines is 1. The van der Waals surface area contributed by atoms with E-state index < -0.39 is 0 Å². The van der Waals surface area contributed by atoms with Crippen molar-refractivity contribution in [2.45, 2.75) is 38.8 Å². The summed E-state index contributed by atoms with van der Waals surface area (Å²) in [6.07, 6.45) is 3.25. The molecule has 108 valence electrons. The van der Waals surface area contributed by atoms with E-state index in [9.17, 15) is 4.79 Å². The second-order valence-corrected chi connectivity index (χ2v) is 6.07. The van der Waals surface area contributed by atoms with Gasteiger partial charge in [-0.1, -0.05) is 11.6 Å². The Bertz CT molecular complexity index is 536. The lowest BCUT2D eigenvalue weighted by molar-refractivity contribution is 0.112. The number of halogens is 1. The summed E-state index contributed by atoms with van der Waals surface area (Å²) in [7, 11) is 0. The number of carbonyl (C=O) groups excluding carboxylic acids is 1. The van der Waals surface area contributed by atoms with E-state index in [-0.39, 0.29) is 5.15 Å². The average molecular weight is 295 g/mol. The largest absolute Gasteiger partial charge is 0.350 e. The predicted octanol–water partition coefficient (Wildman–Crippen LogP) is 1.92. The number of rotatable bonds is 2. The summed E-state index contributed by atoms with van der Waals surface area (Å²) in [6, 6.07) is 0.896. The highest BCUT2D eigenvalue weighted by atomic mass is 35.5. The van der Waals surface area contributed by atoms with Crippen molar-refractivity contribution in [3.8, 4) is 0 Å². The molecule has 0 aliphatic carbocycles. The number of fused-ring (bicyclic) bond motifs is 1. The van der Waals surface area contributed by atoms with Crippen LogP contribution in [0.5, 0.6) is 0 Å². The van der Waals surface area contributed by atoms with E-state index >= 15 is 0 Å². The van der Waals surface area contributed by atoms with E-state index in [1.807, 2.05) is 0 Å². The van der Waals surface area contributed by atoms with Crippen LogP contribution in [0.3, 0.4) is 0 Å². The van der Waals surface area contributed by atoms with Crippen molar-refractivity contribution >= 4 is 23.7 Å². The highest BCUT2D eigenvalue weighted by Crippen LogP contribution is 2.30. The third kappa shape index (κ3) is 2.29. The minimum atomic E-state index is 0.253. The van der Waals surface area contributed by atoms with E-state index in [0.29, 0.717) is 29.3 Å². The van der Waals surface area contributed by atoms with Gasteiger partial charge in [0.1, 0.15) is 16.8 Å².